The van der Waals surface area contributed by atoms with Crippen LogP contribution in [0.4, 0.5) is 5.69 Å². The van der Waals surface area contributed by atoms with Crippen LogP contribution in [0.2, 0.25) is 0 Å². The van der Waals surface area contributed by atoms with Crippen molar-refractivity contribution in [3.8, 4) is 0 Å². The molecule has 0 bridgehead atoms. The van der Waals surface area contributed by atoms with Crippen molar-refractivity contribution in [1.82, 2.24) is 9.91 Å². The van der Waals surface area contributed by atoms with E-state index in [2.05, 4.69) is 22.6 Å². The van der Waals surface area contributed by atoms with Crippen LogP contribution in [0.5, 0.6) is 0 Å². The third kappa shape index (κ3) is 1.61. The van der Waals surface area contributed by atoms with E-state index < -0.39 is 0 Å². The van der Waals surface area contributed by atoms with Crippen LogP contribution in [0.15, 0.2) is 47.7 Å². The van der Waals surface area contributed by atoms with Crippen LogP contribution in [-0.2, 0) is 0 Å². The average molecular weight is 230 g/mol. The van der Waals surface area contributed by atoms with Gasteiger partial charge in [0.15, 0.2) is 11.7 Å². The van der Waals surface area contributed by atoms with E-state index in [0.29, 0.717) is 11.1 Å². The van der Waals surface area contributed by atoms with Crippen molar-refractivity contribution < 1.29 is 5.11 Å². The molecule has 2 aliphatic heterocycles. The Kier molecular flexibility index (Phi) is 2.55. The van der Waals surface area contributed by atoms with E-state index in [1.54, 1.807) is 6.21 Å². The molecule has 2 aliphatic rings. The highest BCUT2D eigenvalue weighted by atomic mass is 16.3. The van der Waals surface area contributed by atoms with Gasteiger partial charge in [0.25, 0.3) is 0 Å². The summed E-state index contributed by atoms with van der Waals surface area (Å²) in [6, 6.07) is 10.2. The Bertz CT molecular complexity index is 443. The minimum absolute atomic E-state index is 0.0485. The van der Waals surface area contributed by atoms with Gasteiger partial charge < -0.3 is 10.4 Å². The normalized spacial score (nSPS) is 35.6. The summed E-state index contributed by atoms with van der Waals surface area (Å²) in [6.07, 6.45) is 5.42. The minimum Gasteiger partial charge on any atom is -0.385 e. The third-order valence-electron chi connectivity index (χ3n) is 3.48. The second kappa shape index (κ2) is 4.07. The third-order valence-corrected chi connectivity index (χ3v) is 3.48. The molecule has 88 valence electrons. The number of hydrogen-bond acceptors (Lipinski definition) is 3. The summed E-state index contributed by atoms with van der Waals surface area (Å²) < 4.78 is 0.370. The van der Waals surface area contributed by atoms with Crippen LogP contribution in [-0.4, -0.2) is 36.6 Å². The van der Waals surface area contributed by atoms with E-state index in [-0.39, 0.29) is 12.1 Å². The molecule has 3 unspecified atom stereocenters. The van der Waals surface area contributed by atoms with Crippen molar-refractivity contribution in [3.63, 3.8) is 0 Å². The monoisotopic (exact) mass is 230 g/mol. The Labute approximate surface area is 100 Å². The zero-order chi connectivity index (χ0) is 11.7. The van der Waals surface area contributed by atoms with Gasteiger partial charge in [-0.3, -0.25) is 0 Å². The van der Waals surface area contributed by atoms with E-state index in [1.165, 1.54) is 0 Å². The predicted molar refractivity (Wildman–Crippen MR) is 68.5 cm³/mol. The van der Waals surface area contributed by atoms with Gasteiger partial charge in [0.2, 0.25) is 0 Å². The number of nitrogens with zero attached hydrogens (tertiary/aromatic N) is 2. The molecule has 1 aromatic rings. The molecule has 0 spiro atoms. The predicted octanol–water partition coefficient (Wildman–Crippen LogP) is 0.840. The highest BCUT2D eigenvalue weighted by Gasteiger charge is 2.46. The van der Waals surface area contributed by atoms with E-state index in [1.807, 2.05) is 30.5 Å². The number of aliphatic hydroxyl groups excluding tert-OH is 1. The Morgan fingerprint density at radius 3 is 2.65 bits per heavy atom. The molecule has 0 aliphatic carbocycles. The van der Waals surface area contributed by atoms with Crippen molar-refractivity contribution in [2.75, 3.05) is 13.1 Å². The molecule has 0 amide bonds. The molecule has 3 rings (SSSR count). The topological polar surface area (TPSA) is 44.6 Å². The quantitative estimate of drug-likeness (QED) is 0.739. The van der Waals surface area contributed by atoms with Gasteiger partial charge >= 0.3 is 0 Å². The van der Waals surface area contributed by atoms with Crippen LogP contribution in [0.3, 0.4) is 0 Å². The number of aliphatic hydroxyl groups is 1. The van der Waals surface area contributed by atoms with Gasteiger partial charge in [-0.25, -0.2) is 0 Å². The first kappa shape index (κ1) is 10.7. The molecule has 0 saturated carbocycles. The maximum atomic E-state index is 10.1. The summed E-state index contributed by atoms with van der Waals surface area (Å²) in [7, 11) is 0. The van der Waals surface area contributed by atoms with E-state index >= 15 is 0 Å². The number of quaternary nitrogens is 1. The molecule has 1 fully saturated rings. The molecule has 1 saturated heterocycles. The van der Waals surface area contributed by atoms with Crippen LogP contribution >= 0.6 is 0 Å². The molecular formula is C13H16N3O+. The highest BCUT2D eigenvalue weighted by molar-refractivity contribution is 5.76. The zero-order valence-corrected chi connectivity index (χ0v) is 9.53. The van der Waals surface area contributed by atoms with Gasteiger partial charge in [0, 0.05) is 24.8 Å². The smallest absolute Gasteiger partial charge is 0.164 e. The second-order valence-electron chi connectivity index (χ2n) is 4.47. The summed E-state index contributed by atoms with van der Waals surface area (Å²) in [6.45, 7) is 1.42. The second-order valence-corrected chi connectivity index (χ2v) is 4.47. The summed E-state index contributed by atoms with van der Waals surface area (Å²) in [5.41, 5.74) is 1.09. The lowest BCUT2D eigenvalue weighted by Crippen LogP contribution is -2.53. The molecule has 2 N–H and O–H groups in total. The lowest BCUT2D eigenvalue weighted by Gasteiger charge is -2.32. The molecule has 4 nitrogen and oxygen atoms in total. The van der Waals surface area contributed by atoms with Gasteiger partial charge in [-0.2, -0.15) is 0 Å². The summed E-state index contributed by atoms with van der Waals surface area (Å²) in [5.74, 6) is 0. The van der Waals surface area contributed by atoms with E-state index in [4.69, 9.17) is 0 Å². The van der Waals surface area contributed by atoms with Gasteiger partial charge in [-0.15, -0.1) is 4.59 Å². The van der Waals surface area contributed by atoms with Crippen LogP contribution in [0.1, 0.15) is 0 Å². The average Bonchev–Trinajstić information content (AvgIpc) is 2.99. The van der Waals surface area contributed by atoms with Crippen LogP contribution in [0.25, 0.3) is 0 Å². The van der Waals surface area contributed by atoms with Gasteiger partial charge in [0.1, 0.15) is 12.3 Å². The first-order chi connectivity index (χ1) is 8.33. The van der Waals surface area contributed by atoms with Crippen molar-refractivity contribution in [3.05, 3.63) is 42.6 Å². The summed E-state index contributed by atoms with van der Waals surface area (Å²) in [5, 5.41) is 17.9. The first-order valence-electron chi connectivity index (χ1n) is 5.89. The number of allylic oxidation sites excluding steroid dienone is 1. The first-order valence-corrected chi connectivity index (χ1v) is 5.89. The van der Waals surface area contributed by atoms with Crippen LogP contribution in [0, 0.1) is 0 Å². The number of nitrogens with one attached hydrogen (secondary N) is 1. The lowest BCUT2D eigenvalue weighted by molar-refractivity contribution is 0.116. The highest BCUT2D eigenvalue weighted by Crippen LogP contribution is 2.32. The van der Waals surface area contributed by atoms with E-state index in [9.17, 15) is 5.11 Å². The van der Waals surface area contributed by atoms with Crippen molar-refractivity contribution >= 4 is 11.9 Å². The minimum atomic E-state index is -0.366. The summed E-state index contributed by atoms with van der Waals surface area (Å²) >= 11 is 0. The molecule has 1 aromatic carbocycles. The molecule has 17 heavy (non-hydrogen) atoms. The Balaban J connectivity index is 2.05. The lowest BCUT2D eigenvalue weighted by atomic mass is 10.1. The fourth-order valence-corrected chi connectivity index (χ4v) is 2.62. The molecule has 0 radical (unpaired) electrons. The molecule has 2 heterocycles. The van der Waals surface area contributed by atoms with E-state index in [0.717, 1.165) is 12.2 Å². The Hall–Kier alpha value is -1.49. The Morgan fingerprint density at radius 1 is 1.24 bits per heavy atom. The van der Waals surface area contributed by atoms with Gasteiger partial charge in [-0.05, 0) is 0 Å². The molecule has 0 aromatic heterocycles. The fourth-order valence-electron chi connectivity index (χ4n) is 2.62. The fraction of sp³-hybridized carbons (Fsp3) is 0.308. The van der Waals surface area contributed by atoms with Gasteiger partial charge in [-0.1, -0.05) is 23.3 Å². The van der Waals surface area contributed by atoms with Crippen molar-refractivity contribution in [1.29, 1.82) is 0 Å². The summed E-state index contributed by atoms with van der Waals surface area (Å²) in [4.78, 5) is 0. The van der Waals surface area contributed by atoms with Crippen LogP contribution < -0.4 is 9.91 Å². The maximum absolute atomic E-state index is 10.1. The zero-order valence-electron chi connectivity index (χ0n) is 9.53. The van der Waals surface area contributed by atoms with Crippen molar-refractivity contribution in [2.45, 2.75) is 12.1 Å². The largest absolute Gasteiger partial charge is 0.385 e. The Morgan fingerprint density at radius 2 is 2.06 bits per heavy atom. The number of β-amino-alcohol motifs (C(OH)–C–C–N with tert-alkyl or cyclic N) is 1. The van der Waals surface area contributed by atoms with Crippen molar-refractivity contribution in [2.24, 2.45) is 5.10 Å². The standard InChI is InChI=1S/C13H16N3O/c17-13-10-14-9-12(13)16(8-4-7-15-16)11-5-2-1-3-6-11/h1-8,12-14,17H,9-10H2/q+1. The van der Waals surface area contributed by atoms with Gasteiger partial charge in [0.05, 0.1) is 12.8 Å². The molecular weight excluding hydrogens is 214 g/mol. The number of rotatable bonds is 2. The number of benzene rings is 1. The maximum Gasteiger partial charge on any atom is 0.164 e. The molecule has 3 atom stereocenters. The number of hydrogen-bond donors (Lipinski definition) is 2. The SMILES string of the molecule is OC1CNCC1[N+]1(c2ccccc2)C=CC=N1. The molecule has 4 heteroatoms. The number of para-hydroxylation sites is 1.